The number of aliphatic carboxylic acids is 1. The van der Waals surface area contributed by atoms with Gasteiger partial charge < -0.3 is 10.0 Å². The molecule has 19 heavy (non-hydrogen) atoms. The van der Waals surface area contributed by atoms with Gasteiger partial charge in [-0.05, 0) is 31.6 Å². The zero-order valence-corrected chi connectivity index (χ0v) is 12.0. The molecule has 0 aromatic rings. The first-order chi connectivity index (χ1) is 9.02. The number of fused-ring (bicyclic) bond motifs is 1. The van der Waals surface area contributed by atoms with Crippen molar-refractivity contribution < 1.29 is 14.7 Å². The van der Waals surface area contributed by atoms with Gasteiger partial charge in [0, 0.05) is 18.5 Å². The Balaban J connectivity index is 2.06. The molecule has 1 saturated heterocycles. The van der Waals surface area contributed by atoms with Crippen LogP contribution in [0.1, 0.15) is 52.4 Å². The van der Waals surface area contributed by atoms with Crippen LogP contribution in [0.5, 0.6) is 0 Å². The summed E-state index contributed by atoms with van der Waals surface area (Å²) in [6.07, 6.45) is 7.12. The van der Waals surface area contributed by atoms with E-state index >= 15 is 0 Å². The monoisotopic (exact) mass is 267 g/mol. The fraction of sp³-hybridized carbons (Fsp3) is 0.867. The minimum Gasteiger partial charge on any atom is -0.481 e. The third-order valence-corrected chi connectivity index (χ3v) is 5.06. The van der Waals surface area contributed by atoms with Crippen LogP contribution in [0, 0.1) is 17.8 Å². The summed E-state index contributed by atoms with van der Waals surface area (Å²) < 4.78 is 0. The lowest BCUT2D eigenvalue weighted by atomic mass is 9.77. The molecule has 4 nitrogen and oxygen atoms in total. The van der Waals surface area contributed by atoms with E-state index in [1.165, 1.54) is 25.7 Å². The first-order valence-electron chi connectivity index (χ1n) is 7.55. The Kier molecular flexibility index (Phi) is 4.48. The fourth-order valence-corrected chi connectivity index (χ4v) is 3.59. The van der Waals surface area contributed by atoms with Crippen LogP contribution in [-0.4, -0.2) is 34.5 Å². The maximum Gasteiger partial charge on any atom is 0.307 e. The number of carbonyl (C=O) groups is 2. The number of carbonyl (C=O) groups excluding carboxylic acids is 1. The molecule has 0 spiro atoms. The standard InChI is InChI=1S/C15H25NO3/c1-10(11(2)15(18)19)14(17)16-9-5-7-12-6-3-4-8-13(12)16/h10-13H,3-9H2,1-2H3,(H,18,19). The topological polar surface area (TPSA) is 57.6 Å². The summed E-state index contributed by atoms with van der Waals surface area (Å²) in [6, 6.07) is 0.374. The fourth-order valence-electron chi connectivity index (χ4n) is 3.59. The molecule has 0 bridgehead atoms. The Morgan fingerprint density at radius 3 is 2.37 bits per heavy atom. The molecule has 1 aliphatic heterocycles. The van der Waals surface area contributed by atoms with E-state index in [-0.39, 0.29) is 5.91 Å². The molecular formula is C15H25NO3. The highest BCUT2D eigenvalue weighted by Crippen LogP contribution is 2.36. The molecule has 108 valence electrons. The number of amides is 1. The summed E-state index contributed by atoms with van der Waals surface area (Å²) in [4.78, 5) is 25.6. The lowest BCUT2D eigenvalue weighted by Crippen LogP contribution is -2.52. The highest BCUT2D eigenvalue weighted by atomic mass is 16.4. The first kappa shape index (κ1) is 14.4. The number of likely N-dealkylation sites (tertiary alicyclic amines) is 1. The predicted octanol–water partition coefficient (Wildman–Crippen LogP) is 2.52. The molecule has 1 heterocycles. The van der Waals surface area contributed by atoms with Gasteiger partial charge in [-0.15, -0.1) is 0 Å². The molecule has 1 amide bonds. The van der Waals surface area contributed by atoms with Crippen LogP contribution in [-0.2, 0) is 9.59 Å². The van der Waals surface area contributed by atoms with Crippen molar-refractivity contribution in [2.24, 2.45) is 17.8 Å². The minimum atomic E-state index is -0.877. The average Bonchev–Trinajstić information content (AvgIpc) is 2.44. The van der Waals surface area contributed by atoms with Crippen LogP contribution in [0.15, 0.2) is 0 Å². The molecule has 2 rings (SSSR count). The summed E-state index contributed by atoms with van der Waals surface area (Å²) in [6.45, 7) is 4.21. The van der Waals surface area contributed by atoms with Crippen LogP contribution in [0.4, 0.5) is 0 Å². The summed E-state index contributed by atoms with van der Waals surface area (Å²) in [5.74, 6) is -1.20. The largest absolute Gasteiger partial charge is 0.481 e. The van der Waals surface area contributed by atoms with Crippen molar-refractivity contribution in [3.8, 4) is 0 Å². The van der Waals surface area contributed by atoms with Crippen LogP contribution in [0.3, 0.4) is 0 Å². The van der Waals surface area contributed by atoms with E-state index in [1.807, 2.05) is 4.90 Å². The Morgan fingerprint density at radius 2 is 1.68 bits per heavy atom. The van der Waals surface area contributed by atoms with Gasteiger partial charge in [0.15, 0.2) is 0 Å². The lowest BCUT2D eigenvalue weighted by Gasteiger charge is -2.45. The molecule has 1 saturated carbocycles. The molecule has 1 aliphatic carbocycles. The molecule has 4 heteroatoms. The second-order valence-electron chi connectivity index (χ2n) is 6.20. The molecule has 0 radical (unpaired) electrons. The molecule has 4 unspecified atom stereocenters. The number of hydrogen-bond acceptors (Lipinski definition) is 2. The zero-order chi connectivity index (χ0) is 14.0. The van der Waals surface area contributed by atoms with Crippen molar-refractivity contribution in [3.63, 3.8) is 0 Å². The van der Waals surface area contributed by atoms with Crippen molar-refractivity contribution in [1.82, 2.24) is 4.90 Å². The van der Waals surface area contributed by atoms with Gasteiger partial charge in [-0.3, -0.25) is 9.59 Å². The smallest absolute Gasteiger partial charge is 0.307 e. The van der Waals surface area contributed by atoms with Gasteiger partial charge in [0.2, 0.25) is 5.91 Å². The molecule has 0 aromatic heterocycles. The average molecular weight is 267 g/mol. The van der Waals surface area contributed by atoms with Gasteiger partial charge in [0.05, 0.1) is 5.92 Å². The molecule has 0 aromatic carbocycles. The van der Waals surface area contributed by atoms with Gasteiger partial charge >= 0.3 is 5.97 Å². The van der Waals surface area contributed by atoms with E-state index in [9.17, 15) is 9.59 Å². The first-order valence-corrected chi connectivity index (χ1v) is 7.55. The van der Waals surface area contributed by atoms with Crippen LogP contribution >= 0.6 is 0 Å². The van der Waals surface area contributed by atoms with E-state index in [0.717, 1.165) is 19.4 Å². The molecule has 2 aliphatic rings. The third-order valence-electron chi connectivity index (χ3n) is 5.06. The summed E-state index contributed by atoms with van der Waals surface area (Å²) >= 11 is 0. The Hall–Kier alpha value is -1.06. The normalized spacial score (nSPS) is 30.3. The molecular weight excluding hydrogens is 242 g/mol. The highest BCUT2D eigenvalue weighted by Gasteiger charge is 2.38. The van der Waals surface area contributed by atoms with Gasteiger partial charge in [-0.1, -0.05) is 26.7 Å². The second-order valence-corrected chi connectivity index (χ2v) is 6.20. The summed E-state index contributed by atoms with van der Waals surface area (Å²) in [7, 11) is 0. The van der Waals surface area contributed by atoms with Crippen molar-refractivity contribution in [1.29, 1.82) is 0 Å². The highest BCUT2D eigenvalue weighted by molar-refractivity contribution is 5.84. The van der Waals surface area contributed by atoms with E-state index in [0.29, 0.717) is 12.0 Å². The van der Waals surface area contributed by atoms with E-state index in [4.69, 9.17) is 5.11 Å². The molecule has 2 fully saturated rings. The minimum absolute atomic E-state index is 0.0477. The number of carboxylic acid groups (broad SMARTS) is 1. The molecule has 1 N–H and O–H groups in total. The number of carboxylic acids is 1. The number of nitrogens with zero attached hydrogens (tertiary/aromatic N) is 1. The van der Waals surface area contributed by atoms with E-state index in [1.54, 1.807) is 13.8 Å². The Bertz CT molecular complexity index is 353. The van der Waals surface area contributed by atoms with Gasteiger partial charge in [-0.25, -0.2) is 0 Å². The van der Waals surface area contributed by atoms with Gasteiger partial charge in [0.1, 0.15) is 0 Å². The van der Waals surface area contributed by atoms with Crippen molar-refractivity contribution in [2.75, 3.05) is 6.54 Å². The van der Waals surface area contributed by atoms with Crippen LogP contribution in [0.2, 0.25) is 0 Å². The van der Waals surface area contributed by atoms with Gasteiger partial charge in [0.25, 0.3) is 0 Å². The number of hydrogen-bond donors (Lipinski definition) is 1. The van der Waals surface area contributed by atoms with E-state index < -0.39 is 17.8 Å². The van der Waals surface area contributed by atoms with E-state index in [2.05, 4.69) is 0 Å². The SMILES string of the molecule is CC(C(=O)O)C(C)C(=O)N1CCCC2CCCCC21. The predicted molar refractivity (Wildman–Crippen MR) is 72.7 cm³/mol. The van der Waals surface area contributed by atoms with Gasteiger partial charge in [-0.2, -0.15) is 0 Å². The van der Waals surface area contributed by atoms with Crippen LogP contribution in [0.25, 0.3) is 0 Å². The number of piperidine rings is 1. The Morgan fingerprint density at radius 1 is 1.05 bits per heavy atom. The molecule has 4 atom stereocenters. The maximum atomic E-state index is 12.6. The second kappa shape index (κ2) is 5.93. The van der Waals surface area contributed by atoms with Crippen LogP contribution < -0.4 is 0 Å². The summed E-state index contributed by atoms with van der Waals surface area (Å²) in [5, 5.41) is 9.06. The maximum absolute atomic E-state index is 12.6. The van der Waals surface area contributed by atoms with Crippen molar-refractivity contribution in [2.45, 2.75) is 58.4 Å². The van der Waals surface area contributed by atoms with Crippen molar-refractivity contribution in [3.05, 3.63) is 0 Å². The summed E-state index contributed by atoms with van der Waals surface area (Å²) in [5.41, 5.74) is 0. The zero-order valence-electron chi connectivity index (χ0n) is 12.0. The quantitative estimate of drug-likeness (QED) is 0.854. The lowest BCUT2D eigenvalue weighted by molar-refractivity contribution is -0.152. The van der Waals surface area contributed by atoms with Crippen molar-refractivity contribution >= 4 is 11.9 Å². The third kappa shape index (κ3) is 2.93. The number of rotatable bonds is 3. The Labute approximate surface area is 115 Å².